The van der Waals surface area contributed by atoms with Crippen LogP contribution in [0.3, 0.4) is 0 Å². The topological polar surface area (TPSA) is 90.2 Å². The highest BCUT2D eigenvalue weighted by atomic mass is 16.6. The van der Waals surface area contributed by atoms with E-state index in [4.69, 9.17) is 0 Å². The molecule has 0 aromatic heterocycles. The van der Waals surface area contributed by atoms with E-state index in [9.17, 15) is 19.7 Å². The minimum Gasteiger partial charge on any atom is -0.336 e. The Balaban J connectivity index is 1.90. The molecule has 2 fully saturated rings. The molecule has 146 valence electrons. The van der Waals surface area contributed by atoms with Gasteiger partial charge < -0.3 is 19.6 Å². The molecule has 1 aromatic rings. The van der Waals surface area contributed by atoms with Crippen LogP contribution in [-0.2, 0) is 0 Å². The fraction of sp³-hybridized carbons (Fsp3) is 0.556. The summed E-state index contributed by atoms with van der Waals surface area (Å²) in [4.78, 5) is 44.3. The van der Waals surface area contributed by atoms with E-state index >= 15 is 0 Å². The number of carbonyl (C=O) groups is 2. The molecule has 3 rings (SSSR count). The molecule has 9 heteroatoms. The Morgan fingerprint density at radius 3 is 1.70 bits per heavy atom. The Labute approximate surface area is 158 Å². The van der Waals surface area contributed by atoms with E-state index in [1.165, 1.54) is 18.2 Å². The van der Waals surface area contributed by atoms with Crippen molar-refractivity contribution in [2.45, 2.75) is 0 Å². The summed E-state index contributed by atoms with van der Waals surface area (Å²) in [6.45, 7) is 5.25. The first-order chi connectivity index (χ1) is 12.9. The van der Waals surface area contributed by atoms with Crippen molar-refractivity contribution in [2.24, 2.45) is 0 Å². The predicted octanol–water partition coefficient (Wildman–Crippen LogP) is 0.370. The van der Waals surface area contributed by atoms with Gasteiger partial charge in [0.2, 0.25) is 0 Å². The van der Waals surface area contributed by atoms with Gasteiger partial charge in [-0.1, -0.05) is 0 Å². The number of non-ortho nitro benzene ring substituents is 1. The van der Waals surface area contributed by atoms with Crippen LogP contribution >= 0.6 is 0 Å². The van der Waals surface area contributed by atoms with Gasteiger partial charge in [-0.2, -0.15) is 0 Å². The monoisotopic (exact) mass is 375 g/mol. The van der Waals surface area contributed by atoms with E-state index in [1.54, 1.807) is 9.80 Å². The molecule has 2 aliphatic rings. The van der Waals surface area contributed by atoms with E-state index in [0.717, 1.165) is 26.2 Å². The zero-order valence-electron chi connectivity index (χ0n) is 15.8. The Morgan fingerprint density at radius 1 is 0.815 bits per heavy atom. The maximum atomic E-state index is 13.0. The van der Waals surface area contributed by atoms with Gasteiger partial charge in [0.1, 0.15) is 0 Å². The van der Waals surface area contributed by atoms with Gasteiger partial charge in [0.05, 0.1) is 16.1 Å². The highest BCUT2D eigenvalue weighted by Gasteiger charge is 2.29. The standard InChI is InChI=1S/C18H25N5O4/c1-19-5-9-21(10-6-19)17(24)15-4-3-14(23(26)27)13-16(15)18(25)22-11-7-20(2)8-12-22/h3-4,13H,5-12H2,1-2H3. The van der Waals surface area contributed by atoms with Crippen LogP contribution in [0.25, 0.3) is 0 Å². The zero-order valence-corrected chi connectivity index (χ0v) is 15.8. The van der Waals surface area contributed by atoms with E-state index < -0.39 is 4.92 Å². The predicted molar refractivity (Wildman–Crippen MR) is 99.9 cm³/mol. The number of benzene rings is 1. The number of hydrogen-bond donors (Lipinski definition) is 0. The summed E-state index contributed by atoms with van der Waals surface area (Å²) in [5, 5.41) is 11.2. The van der Waals surface area contributed by atoms with Gasteiger partial charge in [-0.15, -0.1) is 0 Å². The summed E-state index contributed by atoms with van der Waals surface area (Å²) in [6.07, 6.45) is 0. The third-order valence-corrected chi connectivity index (χ3v) is 5.26. The summed E-state index contributed by atoms with van der Waals surface area (Å²) in [7, 11) is 3.98. The van der Waals surface area contributed by atoms with Crippen molar-refractivity contribution < 1.29 is 14.5 Å². The van der Waals surface area contributed by atoms with Crippen LogP contribution in [0.5, 0.6) is 0 Å². The van der Waals surface area contributed by atoms with E-state index in [0.29, 0.717) is 26.2 Å². The molecular formula is C18H25N5O4. The average Bonchev–Trinajstić information content (AvgIpc) is 2.67. The second kappa shape index (κ2) is 8.01. The van der Waals surface area contributed by atoms with Crippen LogP contribution < -0.4 is 0 Å². The first-order valence-corrected chi connectivity index (χ1v) is 9.11. The van der Waals surface area contributed by atoms with Crippen molar-refractivity contribution in [3.8, 4) is 0 Å². The van der Waals surface area contributed by atoms with Gasteiger partial charge >= 0.3 is 0 Å². The van der Waals surface area contributed by atoms with Gasteiger partial charge in [0.15, 0.2) is 0 Å². The normalized spacial score (nSPS) is 19.2. The summed E-state index contributed by atoms with van der Waals surface area (Å²) < 4.78 is 0. The van der Waals surface area contributed by atoms with Crippen LogP contribution in [0.4, 0.5) is 5.69 Å². The number of nitro groups is 1. The lowest BCUT2D eigenvalue weighted by atomic mass is 10.0. The maximum absolute atomic E-state index is 13.0. The van der Waals surface area contributed by atoms with E-state index in [2.05, 4.69) is 9.80 Å². The smallest absolute Gasteiger partial charge is 0.270 e. The summed E-state index contributed by atoms with van der Waals surface area (Å²) in [5.74, 6) is -0.556. The van der Waals surface area contributed by atoms with Gasteiger partial charge in [0.25, 0.3) is 17.5 Å². The van der Waals surface area contributed by atoms with Gasteiger partial charge in [0, 0.05) is 64.5 Å². The molecule has 27 heavy (non-hydrogen) atoms. The fourth-order valence-corrected chi connectivity index (χ4v) is 3.37. The Morgan fingerprint density at radius 2 is 1.26 bits per heavy atom. The molecule has 0 aliphatic carbocycles. The van der Waals surface area contributed by atoms with Crippen molar-refractivity contribution in [1.82, 2.24) is 19.6 Å². The molecule has 0 bridgehead atoms. The van der Waals surface area contributed by atoms with Crippen molar-refractivity contribution >= 4 is 17.5 Å². The summed E-state index contributed by atoms with van der Waals surface area (Å²) in [5.41, 5.74) is 0.189. The number of rotatable bonds is 3. The molecule has 0 atom stereocenters. The second-order valence-corrected chi connectivity index (χ2v) is 7.18. The van der Waals surface area contributed by atoms with Crippen molar-refractivity contribution in [2.75, 3.05) is 66.5 Å². The first kappa shape index (κ1) is 19.2. The minimum atomic E-state index is -0.537. The number of amides is 2. The number of likely N-dealkylation sites (N-methyl/N-ethyl adjacent to an activating group) is 2. The molecule has 0 radical (unpaired) electrons. The van der Waals surface area contributed by atoms with Crippen LogP contribution in [0, 0.1) is 10.1 Å². The zero-order chi connectivity index (χ0) is 19.6. The number of carbonyl (C=O) groups excluding carboxylic acids is 2. The van der Waals surface area contributed by atoms with Crippen molar-refractivity contribution in [3.63, 3.8) is 0 Å². The number of nitrogens with zero attached hydrogens (tertiary/aromatic N) is 5. The van der Waals surface area contributed by atoms with Gasteiger partial charge in [-0.25, -0.2) is 0 Å². The summed E-state index contributed by atoms with van der Waals surface area (Å²) in [6, 6.07) is 3.95. The lowest BCUT2D eigenvalue weighted by Gasteiger charge is -2.34. The molecule has 0 unspecified atom stereocenters. The molecule has 2 amide bonds. The van der Waals surface area contributed by atoms with Crippen molar-refractivity contribution in [1.29, 1.82) is 0 Å². The second-order valence-electron chi connectivity index (χ2n) is 7.18. The number of piperazine rings is 2. The lowest BCUT2D eigenvalue weighted by Crippen LogP contribution is -2.49. The van der Waals surface area contributed by atoms with E-state index in [-0.39, 0.29) is 28.6 Å². The van der Waals surface area contributed by atoms with Crippen LogP contribution in [0.2, 0.25) is 0 Å². The molecule has 9 nitrogen and oxygen atoms in total. The molecule has 0 N–H and O–H groups in total. The Bertz CT molecular complexity index is 737. The highest BCUT2D eigenvalue weighted by Crippen LogP contribution is 2.22. The number of nitro benzene ring substituents is 1. The molecule has 0 spiro atoms. The third kappa shape index (κ3) is 4.25. The fourth-order valence-electron chi connectivity index (χ4n) is 3.37. The van der Waals surface area contributed by atoms with Crippen molar-refractivity contribution in [3.05, 3.63) is 39.4 Å². The lowest BCUT2D eigenvalue weighted by molar-refractivity contribution is -0.384. The highest BCUT2D eigenvalue weighted by molar-refractivity contribution is 6.07. The number of hydrogen-bond acceptors (Lipinski definition) is 6. The van der Waals surface area contributed by atoms with Gasteiger partial charge in [-0.05, 0) is 20.2 Å². The average molecular weight is 375 g/mol. The molecule has 1 aromatic carbocycles. The molecule has 0 saturated carbocycles. The molecule has 2 heterocycles. The first-order valence-electron chi connectivity index (χ1n) is 9.11. The van der Waals surface area contributed by atoms with Crippen LogP contribution in [-0.4, -0.2) is 103 Å². The largest absolute Gasteiger partial charge is 0.336 e. The Hall–Kier alpha value is -2.52. The third-order valence-electron chi connectivity index (χ3n) is 5.26. The summed E-state index contributed by atoms with van der Waals surface area (Å²) >= 11 is 0. The van der Waals surface area contributed by atoms with Crippen LogP contribution in [0.15, 0.2) is 18.2 Å². The minimum absolute atomic E-state index is 0.123. The van der Waals surface area contributed by atoms with Crippen LogP contribution in [0.1, 0.15) is 20.7 Å². The SMILES string of the molecule is CN1CCN(C(=O)c2ccc([N+](=O)[O-])cc2C(=O)N2CCN(C)CC2)CC1. The quantitative estimate of drug-likeness (QED) is 0.560. The maximum Gasteiger partial charge on any atom is 0.270 e. The van der Waals surface area contributed by atoms with Gasteiger partial charge in [-0.3, -0.25) is 19.7 Å². The van der Waals surface area contributed by atoms with E-state index in [1.807, 2.05) is 14.1 Å². The molecule has 2 aliphatic heterocycles. The molecular weight excluding hydrogens is 350 g/mol. The Kier molecular flexibility index (Phi) is 5.71. The molecule has 2 saturated heterocycles.